The average molecular weight is 348 g/mol. The predicted molar refractivity (Wildman–Crippen MR) is 99.1 cm³/mol. The smallest absolute Gasteiger partial charge is 0.123 e. The van der Waals surface area contributed by atoms with E-state index >= 15 is 0 Å². The summed E-state index contributed by atoms with van der Waals surface area (Å²) in [4.78, 5) is 5.06. The zero-order valence-electron chi connectivity index (χ0n) is 15.7. The molecule has 25 heavy (non-hydrogen) atoms. The largest absolute Gasteiger partial charge is 0.496 e. The molecule has 2 fully saturated rings. The minimum Gasteiger partial charge on any atom is -0.496 e. The monoisotopic (exact) mass is 348 g/mol. The van der Waals surface area contributed by atoms with E-state index in [0.29, 0.717) is 12.1 Å². The first-order valence-electron chi connectivity index (χ1n) is 9.54. The van der Waals surface area contributed by atoms with Crippen LogP contribution in [0.2, 0.25) is 0 Å². The van der Waals surface area contributed by atoms with Crippen LogP contribution in [-0.4, -0.2) is 75.1 Å². The quantitative estimate of drug-likeness (QED) is 0.721. The summed E-state index contributed by atoms with van der Waals surface area (Å²) >= 11 is 0. The Kier molecular flexibility index (Phi) is 7.11. The van der Waals surface area contributed by atoms with Crippen LogP contribution < -0.4 is 4.74 Å². The highest BCUT2D eigenvalue weighted by Crippen LogP contribution is 2.21. The third-order valence-corrected chi connectivity index (χ3v) is 5.28. The third kappa shape index (κ3) is 5.42. The Hall–Kier alpha value is -1.14. The van der Waals surface area contributed by atoms with Crippen LogP contribution in [0.5, 0.6) is 5.75 Å². The molecule has 0 N–H and O–H groups in total. The maximum absolute atomic E-state index is 5.88. The number of hydrogen-bond donors (Lipinski definition) is 0. The lowest BCUT2D eigenvalue weighted by atomic mass is 10.1. The van der Waals surface area contributed by atoms with Crippen LogP contribution in [0.3, 0.4) is 0 Å². The highest BCUT2D eigenvalue weighted by Gasteiger charge is 2.23. The molecule has 1 aromatic carbocycles. The Morgan fingerprint density at radius 3 is 2.92 bits per heavy atom. The molecule has 0 unspecified atom stereocenters. The molecule has 0 radical (unpaired) electrons. The summed E-state index contributed by atoms with van der Waals surface area (Å²) in [6.07, 6.45) is 2.74. The molecule has 140 valence electrons. The highest BCUT2D eigenvalue weighted by atomic mass is 16.5. The van der Waals surface area contributed by atoms with Gasteiger partial charge in [-0.1, -0.05) is 18.2 Å². The van der Waals surface area contributed by atoms with Gasteiger partial charge >= 0.3 is 0 Å². The summed E-state index contributed by atoms with van der Waals surface area (Å²) in [7, 11) is 1.75. The lowest BCUT2D eigenvalue weighted by Gasteiger charge is -2.35. The van der Waals surface area contributed by atoms with Crippen LogP contribution in [-0.2, 0) is 16.0 Å². The first-order valence-corrected chi connectivity index (χ1v) is 9.54. The van der Waals surface area contributed by atoms with Gasteiger partial charge in [-0.3, -0.25) is 9.80 Å². The molecule has 2 aliphatic rings. The molecular weight excluding hydrogens is 316 g/mol. The molecule has 0 aliphatic carbocycles. The second kappa shape index (κ2) is 9.53. The van der Waals surface area contributed by atoms with Gasteiger partial charge in [-0.05, 0) is 25.8 Å². The van der Waals surface area contributed by atoms with Crippen LogP contribution in [0.4, 0.5) is 0 Å². The van der Waals surface area contributed by atoms with Gasteiger partial charge in [-0.2, -0.15) is 0 Å². The highest BCUT2D eigenvalue weighted by molar-refractivity contribution is 5.33. The van der Waals surface area contributed by atoms with E-state index in [4.69, 9.17) is 14.2 Å². The fourth-order valence-corrected chi connectivity index (χ4v) is 3.75. The van der Waals surface area contributed by atoms with Crippen molar-refractivity contribution >= 4 is 0 Å². The van der Waals surface area contributed by atoms with Crippen LogP contribution in [0.25, 0.3) is 0 Å². The minimum absolute atomic E-state index is 0.372. The normalized spacial score (nSPS) is 24.8. The van der Waals surface area contributed by atoms with Crippen LogP contribution in [0, 0.1) is 0 Å². The van der Waals surface area contributed by atoms with Gasteiger partial charge in [0, 0.05) is 50.9 Å². The second-order valence-electron chi connectivity index (χ2n) is 7.14. The van der Waals surface area contributed by atoms with Crippen LogP contribution in [0.1, 0.15) is 25.3 Å². The van der Waals surface area contributed by atoms with E-state index in [-0.39, 0.29) is 0 Å². The van der Waals surface area contributed by atoms with Crippen molar-refractivity contribution in [1.29, 1.82) is 0 Å². The van der Waals surface area contributed by atoms with E-state index in [2.05, 4.69) is 28.9 Å². The van der Waals surface area contributed by atoms with Gasteiger partial charge in [0.15, 0.2) is 0 Å². The summed E-state index contributed by atoms with van der Waals surface area (Å²) in [5.41, 5.74) is 1.25. The summed E-state index contributed by atoms with van der Waals surface area (Å²) in [5.74, 6) is 0.972. The molecule has 0 bridgehead atoms. The van der Waals surface area contributed by atoms with Gasteiger partial charge in [0.2, 0.25) is 0 Å². The van der Waals surface area contributed by atoms with Crippen molar-refractivity contribution in [3.8, 4) is 5.75 Å². The number of para-hydroxylation sites is 1. The Bertz CT molecular complexity index is 519. The molecule has 3 rings (SSSR count). The summed E-state index contributed by atoms with van der Waals surface area (Å²) in [6, 6.07) is 8.83. The lowest BCUT2D eigenvalue weighted by molar-refractivity contribution is -0.00723. The van der Waals surface area contributed by atoms with E-state index in [1.807, 2.05) is 12.1 Å². The minimum atomic E-state index is 0.372. The van der Waals surface area contributed by atoms with E-state index in [9.17, 15) is 0 Å². The van der Waals surface area contributed by atoms with Gasteiger partial charge in [0.05, 0.1) is 26.4 Å². The number of rotatable bonds is 8. The van der Waals surface area contributed by atoms with Gasteiger partial charge in [0.1, 0.15) is 5.75 Å². The summed E-state index contributed by atoms with van der Waals surface area (Å²) in [5, 5.41) is 0. The average Bonchev–Trinajstić information content (AvgIpc) is 3.14. The zero-order valence-corrected chi connectivity index (χ0v) is 15.7. The van der Waals surface area contributed by atoms with Gasteiger partial charge < -0.3 is 14.2 Å². The molecule has 5 heteroatoms. The van der Waals surface area contributed by atoms with E-state index in [0.717, 1.165) is 58.3 Å². The molecule has 5 nitrogen and oxygen atoms in total. The number of hydrogen-bond acceptors (Lipinski definition) is 5. The van der Waals surface area contributed by atoms with E-state index in [1.54, 1.807) is 7.11 Å². The molecule has 1 aromatic rings. The van der Waals surface area contributed by atoms with E-state index in [1.165, 1.54) is 18.4 Å². The maximum atomic E-state index is 5.88. The SMILES string of the molecule is COc1ccccc1CN(CCN1CCOC[C@@H]1C)C[C@H]1CCCO1. The molecule has 2 heterocycles. The molecule has 0 aromatic heterocycles. The third-order valence-electron chi connectivity index (χ3n) is 5.28. The number of nitrogens with zero attached hydrogens (tertiary/aromatic N) is 2. The second-order valence-corrected chi connectivity index (χ2v) is 7.14. The fraction of sp³-hybridized carbons (Fsp3) is 0.700. The van der Waals surface area contributed by atoms with Crippen molar-refractivity contribution in [2.45, 2.75) is 38.5 Å². The van der Waals surface area contributed by atoms with Gasteiger partial charge in [-0.15, -0.1) is 0 Å². The van der Waals surface area contributed by atoms with Crippen molar-refractivity contribution in [1.82, 2.24) is 9.80 Å². The van der Waals surface area contributed by atoms with Crippen molar-refractivity contribution in [3.05, 3.63) is 29.8 Å². The van der Waals surface area contributed by atoms with Gasteiger partial charge in [-0.25, -0.2) is 0 Å². The summed E-state index contributed by atoms with van der Waals surface area (Å²) < 4.78 is 17.0. The van der Waals surface area contributed by atoms with Crippen molar-refractivity contribution in [2.75, 3.05) is 53.1 Å². The number of methoxy groups -OCH3 is 1. The standard InChI is InChI=1S/C20H32N2O3/c1-17-16-24-13-11-22(17)10-9-21(15-19-7-5-12-25-19)14-18-6-3-4-8-20(18)23-2/h3-4,6,8,17,19H,5,7,9-16H2,1-2H3/t17-,19+/m0/s1. The molecule has 0 amide bonds. The van der Waals surface area contributed by atoms with Crippen LogP contribution in [0.15, 0.2) is 24.3 Å². The van der Waals surface area contributed by atoms with Crippen molar-refractivity contribution in [2.24, 2.45) is 0 Å². The lowest BCUT2D eigenvalue weighted by Crippen LogP contribution is -2.47. The Morgan fingerprint density at radius 1 is 1.28 bits per heavy atom. The molecule has 0 spiro atoms. The Labute approximate surface area is 151 Å². The fourth-order valence-electron chi connectivity index (χ4n) is 3.75. The first-order chi connectivity index (χ1) is 12.3. The van der Waals surface area contributed by atoms with E-state index < -0.39 is 0 Å². The molecule has 2 aliphatic heterocycles. The molecule has 0 saturated carbocycles. The molecule has 2 atom stereocenters. The van der Waals surface area contributed by atoms with Crippen LogP contribution >= 0.6 is 0 Å². The Balaban J connectivity index is 1.61. The van der Waals surface area contributed by atoms with Crippen molar-refractivity contribution < 1.29 is 14.2 Å². The number of benzene rings is 1. The number of morpholine rings is 1. The maximum Gasteiger partial charge on any atom is 0.123 e. The summed E-state index contributed by atoms with van der Waals surface area (Å²) in [6.45, 7) is 9.91. The Morgan fingerprint density at radius 2 is 2.16 bits per heavy atom. The van der Waals surface area contributed by atoms with Gasteiger partial charge in [0.25, 0.3) is 0 Å². The number of ether oxygens (including phenoxy) is 3. The molecular formula is C20H32N2O3. The topological polar surface area (TPSA) is 34.2 Å². The molecule has 2 saturated heterocycles. The zero-order chi connectivity index (χ0) is 17.5. The predicted octanol–water partition coefficient (Wildman–Crippen LogP) is 2.40. The van der Waals surface area contributed by atoms with Crippen molar-refractivity contribution in [3.63, 3.8) is 0 Å². The first kappa shape index (κ1) is 18.6.